The molecule has 11 heteroatoms. The summed E-state index contributed by atoms with van der Waals surface area (Å²) < 4.78 is 5.49. The van der Waals surface area contributed by atoms with Crippen molar-refractivity contribution in [1.29, 1.82) is 0 Å². The summed E-state index contributed by atoms with van der Waals surface area (Å²) in [6, 6.07) is 15.6. The number of thiocarbonyl (C=S) groups is 1. The highest BCUT2D eigenvalue weighted by molar-refractivity contribution is 8.25. The number of hydrogen-bond acceptors (Lipinski definition) is 9. The van der Waals surface area contributed by atoms with Crippen molar-refractivity contribution in [1.82, 2.24) is 9.80 Å². The monoisotopic (exact) mass is 608 g/mol. The Hall–Kier alpha value is -3.02. The lowest BCUT2D eigenvalue weighted by atomic mass is 9.96. The first-order valence-electron chi connectivity index (χ1n) is 13.8. The fourth-order valence-corrected chi connectivity index (χ4v) is 9.48. The van der Waals surface area contributed by atoms with Crippen LogP contribution < -0.4 is 9.80 Å². The van der Waals surface area contributed by atoms with Gasteiger partial charge in [0.2, 0.25) is 5.91 Å². The van der Waals surface area contributed by atoms with Crippen LogP contribution in [0.1, 0.15) is 43.2 Å². The summed E-state index contributed by atoms with van der Waals surface area (Å²) in [7, 11) is 4.10. The van der Waals surface area contributed by atoms with Crippen LogP contribution in [-0.2, 0) is 19.1 Å². The molecule has 41 heavy (non-hydrogen) atoms. The van der Waals surface area contributed by atoms with Crippen molar-refractivity contribution >= 4 is 81.5 Å². The second-order valence-corrected chi connectivity index (χ2v) is 13.7. The molecule has 3 fully saturated rings. The Morgan fingerprint density at radius 3 is 2.56 bits per heavy atom. The Bertz CT molecular complexity index is 1430. The number of anilines is 3. The molecule has 0 spiro atoms. The Morgan fingerprint density at radius 2 is 1.88 bits per heavy atom. The van der Waals surface area contributed by atoms with Gasteiger partial charge in [-0.2, -0.15) is 0 Å². The molecule has 1 saturated carbocycles. The first-order valence-corrected chi connectivity index (χ1v) is 16.0. The second kappa shape index (κ2) is 11.3. The molecule has 4 aliphatic rings. The zero-order valence-corrected chi connectivity index (χ0v) is 25.6. The van der Waals surface area contributed by atoms with E-state index in [9.17, 15) is 14.4 Å². The van der Waals surface area contributed by atoms with Crippen LogP contribution in [0.15, 0.2) is 47.4 Å². The topological polar surface area (TPSA) is 73.4 Å². The van der Waals surface area contributed by atoms with E-state index in [1.54, 1.807) is 4.90 Å². The van der Waals surface area contributed by atoms with E-state index >= 15 is 0 Å². The smallest absolute Gasteiger partial charge is 0.294 e. The maximum atomic E-state index is 13.5. The number of benzene rings is 2. The molecule has 0 N–H and O–H groups in total. The Morgan fingerprint density at radius 1 is 1.10 bits per heavy atom. The maximum Gasteiger partial charge on any atom is 0.294 e. The van der Waals surface area contributed by atoms with E-state index in [-0.39, 0.29) is 18.5 Å². The van der Waals surface area contributed by atoms with Gasteiger partial charge in [0.15, 0.2) is 6.73 Å². The van der Waals surface area contributed by atoms with Gasteiger partial charge in [-0.1, -0.05) is 48.2 Å². The van der Waals surface area contributed by atoms with Gasteiger partial charge in [-0.25, -0.2) is 0 Å². The van der Waals surface area contributed by atoms with Crippen molar-refractivity contribution in [2.75, 3.05) is 37.2 Å². The molecule has 6 rings (SSSR count). The van der Waals surface area contributed by atoms with E-state index < -0.39 is 10.6 Å². The highest BCUT2D eigenvalue weighted by Gasteiger charge is 2.49. The summed E-state index contributed by atoms with van der Waals surface area (Å²) in [5.41, 5.74) is 5.86. The minimum atomic E-state index is -0.552. The standard InChI is InChI=1S/C30H32N4O4S3/c1-4-32-28(37)26(41-30(32)39)29-33(16-38-17-35)27(36)25(40-29)15-18-8-13-24-22(14-18)21-6-5-7-23(21)34(24)20-11-9-19(10-12-20)31(2)3/h8-15,17,21,23,26,29H,4-7,16H2,1-3H3/b25-15+. The Labute approximate surface area is 254 Å². The average Bonchev–Trinajstić information content (AvgIpc) is 3.70. The summed E-state index contributed by atoms with van der Waals surface area (Å²) in [4.78, 5) is 45.7. The molecule has 0 radical (unpaired) electrons. The van der Waals surface area contributed by atoms with Gasteiger partial charge in [0.05, 0.1) is 4.91 Å². The molecule has 4 unspecified atom stereocenters. The predicted octanol–water partition coefficient (Wildman–Crippen LogP) is 5.16. The zero-order chi connectivity index (χ0) is 28.8. The molecule has 2 amide bonds. The van der Waals surface area contributed by atoms with Crippen LogP contribution in [0.3, 0.4) is 0 Å². The highest BCUT2D eigenvalue weighted by Crippen LogP contribution is 2.53. The van der Waals surface area contributed by atoms with E-state index in [1.807, 2.05) is 27.1 Å². The molecule has 2 aromatic rings. The third-order valence-corrected chi connectivity index (χ3v) is 11.4. The summed E-state index contributed by atoms with van der Waals surface area (Å²) in [6.45, 7) is 2.47. The number of ether oxygens (including phenoxy) is 1. The third-order valence-electron chi connectivity index (χ3n) is 8.30. The Kier molecular flexibility index (Phi) is 7.78. The van der Waals surface area contributed by atoms with Gasteiger partial charge in [-0.15, -0.1) is 0 Å². The molecular formula is C30H32N4O4S3. The lowest BCUT2D eigenvalue weighted by Crippen LogP contribution is -2.44. The van der Waals surface area contributed by atoms with Gasteiger partial charge in [-0.05, 0) is 73.4 Å². The molecular weight excluding hydrogens is 577 g/mol. The van der Waals surface area contributed by atoms with Gasteiger partial charge < -0.3 is 14.5 Å². The summed E-state index contributed by atoms with van der Waals surface area (Å²) >= 11 is 8.04. The Balaban J connectivity index is 1.30. The van der Waals surface area contributed by atoms with Gasteiger partial charge in [-0.3, -0.25) is 24.2 Å². The van der Waals surface area contributed by atoms with Crippen molar-refractivity contribution in [3.63, 3.8) is 0 Å². The number of hydrogen-bond donors (Lipinski definition) is 0. The molecule has 0 bridgehead atoms. The third kappa shape index (κ3) is 4.91. The zero-order valence-electron chi connectivity index (χ0n) is 23.2. The molecule has 8 nitrogen and oxygen atoms in total. The SMILES string of the molecule is CCN1C(=O)C(C2S/C(=C/c3ccc4c(c3)C3CCCC3N4c3ccc(N(C)C)cc3)C(=O)N2COC=O)SC1=S. The summed E-state index contributed by atoms with van der Waals surface area (Å²) in [6.07, 6.45) is 5.39. The minimum Gasteiger partial charge on any atom is -0.446 e. The van der Waals surface area contributed by atoms with E-state index in [1.165, 1.54) is 57.5 Å². The fraction of sp³-hybridized carbons (Fsp3) is 0.400. The van der Waals surface area contributed by atoms with Crippen LogP contribution in [0, 0.1) is 0 Å². The van der Waals surface area contributed by atoms with Crippen molar-refractivity contribution in [3.8, 4) is 0 Å². The van der Waals surface area contributed by atoms with Crippen LogP contribution in [0.4, 0.5) is 17.1 Å². The van der Waals surface area contributed by atoms with Gasteiger partial charge >= 0.3 is 0 Å². The van der Waals surface area contributed by atoms with Crippen molar-refractivity contribution in [3.05, 3.63) is 58.5 Å². The quantitative estimate of drug-likeness (QED) is 0.230. The molecule has 214 valence electrons. The summed E-state index contributed by atoms with van der Waals surface area (Å²) in [5.74, 6) is 0.0780. The molecule has 3 aliphatic heterocycles. The van der Waals surface area contributed by atoms with Crippen molar-refractivity contribution in [2.45, 2.75) is 48.8 Å². The van der Waals surface area contributed by atoms with Crippen LogP contribution in [0.2, 0.25) is 0 Å². The maximum absolute atomic E-state index is 13.5. The number of nitrogens with zero attached hydrogens (tertiary/aromatic N) is 4. The van der Waals surface area contributed by atoms with Crippen molar-refractivity contribution in [2.24, 2.45) is 0 Å². The predicted molar refractivity (Wildman–Crippen MR) is 169 cm³/mol. The number of amides is 2. The van der Waals surface area contributed by atoms with Crippen LogP contribution in [0.25, 0.3) is 6.08 Å². The van der Waals surface area contributed by atoms with E-state index in [0.717, 1.165) is 18.4 Å². The second-order valence-electron chi connectivity index (χ2n) is 10.8. The number of carbonyl (C=O) groups is 3. The van der Waals surface area contributed by atoms with E-state index in [4.69, 9.17) is 17.0 Å². The van der Waals surface area contributed by atoms with E-state index in [0.29, 0.717) is 34.2 Å². The lowest BCUT2D eigenvalue weighted by molar-refractivity contribution is -0.140. The molecule has 2 aromatic carbocycles. The van der Waals surface area contributed by atoms with Gasteiger partial charge in [0.1, 0.15) is 14.9 Å². The average molecular weight is 609 g/mol. The van der Waals surface area contributed by atoms with Gasteiger partial charge in [0.25, 0.3) is 12.4 Å². The number of carbonyl (C=O) groups excluding carboxylic acids is 3. The molecule has 0 aromatic heterocycles. The molecule has 1 aliphatic carbocycles. The number of thioether (sulfide) groups is 2. The minimum absolute atomic E-state index is 0.117. The molecule has 2 saturated heterocycles. The first-order chi connectivity index (χ1) is 19.8. The van der Waals surface area contributed by atoms with Crippen molar-refractivity contribution < 1.29 is 19.1 Å². The van der Waals surface area contributed by atoms with Gasteiger partial charge in [0, 0.05) is 49.7 Å². The molecule has 4 atom stereocenters. The van der Waals surface area contributed by atoms with Crippen LogP contribution in [-0.4, -0.2) is 76.4 Å². The number of rotatable bonds is 8. The highest BCUT2D eigenvalue weighted by atomic mass is 32.2. The fourth-order valence-electron chi connectivity index (χ4n) is 6.36. The van der Waals surface area contributed by atoms with E-state index in [2.05, 4.69) is 52.3 Å². The largest absolute Gasteiger partial charge is 0.446 e. The normalized spacial score (nSPS) is 26.3. The lowest BCUT2D eigenvalue weighted by Gasteiger charge is -2.27. The molecule has 3 heterocycles. The number of fused-ring (bicyclic) bond motifs is 3. The first kappa shape index (κ1) is 28.1. The summed E-state index contributed by atoms with van der Waals surface area (Å²) in [5, 5.41) is -1.07. The van der Waals surface area contributed by atoms with Crippen LogP contribution in [0.5, 0.6) is 0 Å². The van der Waals surface area contributed by atoms with Crippen LogP contribution >= 0.6 is 35.7 Å².